The molecule has 4 nitrogen and oxygen atoms in total. The lowest BCUT2D eigenvalue weighted by Gasteiger charge is -2.13. The Morgan fingerprint density at radius 1 is 1.31 bits per heavy atom. The minimum absolute atomic E-state index is 0. The Kier molecular flexibility index (Phi) is 7.76. The van der Waals surface area contributed by atoms with Crippen LogP contribution in [-0.2, 0) is 11.4 Å². The zero-order valence-corrected chi connectivity index (χ0v) is 16.3. The maximum Gasteiger partial charge on any atom is 0.225 e. The number of carbonyl (C=O) groups excluding carboxylic acids is 1. The van der Waals surface area contributed by atoms with Gasteiger partial charge >= 0.3 is 0 Å². The van der Waals surface area contributed by atoms with E-state index in [1.54, 1.807) is 0 Å². The highest BCUT2D eigenvalue weighted by Crippen LogP contribution is 2.23. The van der Waals surface area contributed by atoms with Crippen LogP contribution in [0.5, 0.6) is 5.75 Å². The zero-order chi connectivity index (χ0) is 17.6. The number of amides is 1. The smallest absolute Gasteiger partial charge is 0.225 e. The summed E-state index contributed by atoms with van der Waals surface area (Å²) >= 11 is 5.98. The third-order valence-corrected chi connectivity index (χ3v) is 4.60. The van der Waals surface area contributed by atoms with Crippen molar-refractivity contribution in [3.05, 3.63) is 58.6 Å². The van der Waals surface area contributed by atoms with Gasteiger partial charge in [0.25, 0.3) is 0 Å². The Morgan fingerprint density at radius 3 is 2.85 bits per heavy atom. The number of aryl methyl sites for hydroxylation is 1. The molecule has 2 aromatic rings. The Balaban J connectivity index is 0.00000243. The van der Waals surface area contributed by atoms with Crippen molar-refractivity contribution in [2.45, 2.75) is 38.8 Å². The number of rotatable bonds is 6. The van der Waals surface area contributed by atoms with Crippen LogP contribution in [0.2, 0.25) is 5.02 Å². The highest BCUT2D eigenvalue weighted by atomic mass is 35.5. The second-order valence-corrected chi connectivity index (χ2v) is 6.88. The Hall–Kier alpha value is -1.75. The highest BCUT2D eigenvalue weighted by molar-refractivity contribution is 6.30. The van der Waals surface area contributed by atoms with E-state index in [4.69, 9.17) is 16.3 Å². The molecule has 1 atom stereocenters. The zero-order valence-electron chi connectivity index (χ0n) is 14.8. The molecule has 1 aliphatic rings. The average molecular weight is 395 g/mol. The molecule has 0 aliphatic carbocycles. The minimum atomic E-state index is 0. The van der Waals surface area contributed by atoms with E-state index in [-0.39, 0.29) is 18.3 Å². The molecule has 1 unspecified atom stereocenters. The van der Waals surface area contributed by atoms with Gasteiger partial charge in [0.2, 0.25) is 5.91 Å². The number of hydrogen-bond donors (Lipinski definition) is 2. The molecule has 1 heterocycles. The van der Waals surface area contributed by atoms with Crippen LogP contribution >= 0.6 is 24.0 Å². The van der Waals surface area contributed by atoms with Crippen LogP contribution in [0.15, 0.2) is 42.5 Å². The van der Waals surface area contributed by atoms with Gasteiger partial charge in [-0.2, -0.15) is 0 Å². The lowest BCUT2D eigenvalue weighted by Crippen LogP contribution is -2.27. The molecule has 3 rings (SSSR count). The normalized spacial score (nSPS) is 16.0. The summed E-state index contributed by atoms with van der Waals surface area (Å²) in [5.41, 5.74) is 2.83. The molecule has 0 spiro atoms. The molecule has 1 fully saturated rings. The van der Waals surface area contributed by atoms with Crippen molar-refractivity contribution in [1.29, 1.82) is 0 Å². The first-order valence-electron chi connectivity index (χ1n) is 8.61. The molecule has 1 saturated heterocycles. The third kappa shape index (κ3) is 5.90. The number of nitrogens with one attached hydrogen (secondary N) is 2. The average Bonchev–Trinajstić information content (AvgIpc) is 3.08. The van der Waals surface area contributed by atoms with E-state index < -0.39 is 0 Å². The molecule has 6 heteroatoms. The fraction of sp³-hybridized carbons (Fsp3) is 0.350. The number of carbonyl (C=O) groups is 1. The first-order chi connectivity index (χ1) is 12.1. The molecular formula is C20H24Cl2N2O2. The number of hydrogen-bond acceptors (Lipinski definition) is 3. The summed E-state index contributed by atoms with van der Waals surface area (Å²) in [7, 11) is 0. The van der Waals surface area contributed by atoms with Crippen LogP contribution in [-0.4, -0.2) is 18.5 Å². The van der Waals surface area contributed by atoms with Crippen LogP contribution in [0.3, 0.4) is 0 Å². The van der Waals surface area contributed by atoms with Crippen molar-refractivity contribution in [3.63, 3.8) is 0 Å². The van der Waals surface area contributed by atoms with Crippen molar-refractivity contribution in [1.82, 2.24) is 5.32 Å². The van der Waals surface area contributed by atoms with Gasteiger partial charge < -0.3 is 15.4 Å². The van der Waals surface area contributed by atoms with Crippen LogP contribution in [0.25, 0.3) is 0 Å². The second-order valence-electron chi connectivity index (χ2n) is 6.44. The van der Waals surface area contributed by atoms with Gasteiger partial charge in [-0.15, -0.1) is 12.4 Å². The monoisotopic (exact) mass is 394 g/mol. The topological polar surface area (TPSA) is 50.4 Å². The van der Waals surface area contributed by atoms with E-state index in [0.717, 1.165) is 42.0 Å². The fourth-order valence-corrected chi connectivity index (χ4v) is 3.23. The van der Waals surface area contributed by atoms with Crippen molar-refractivity contribution in [3.8, 4) is 5.75 Å². The first-order valence-corrected chi connectivity index (χ1v) is 8.99. The SMILES string of the molecule is Cc1cc(OCc2cccc(Cl)c2)ccc1NC(=O)CC1CCCN1.Cl. The molecule has 0 aromatic heterocycles. The van der Waals surface area contributed by atoms with Crippen molar-refractivity contribution in [2.24, 2.45) is 0 Å². The number of ether oxygens (including phenoxy) is 1. The van der Waals surface area contributed by atoms with Gasteiger partial charge in [0, 0.05) is 23.2 Å². The number of halogens is 2. The Bertz CT molecular complexity index is 746. The van der Waals surface area contributed by atoms with Crippen molar-refractivity contribution < 1.29 is 9.53 Å². The lowest BCUT2D eigenvalue weighted by molar-refractivity contribution is -0.116. The van der Waals surface area contributed by atoms with Crippen LogP contribution in [0.1, 0.15) is 30.4 Å². The van der Waals surface area contributed by atoms with E-state index in [9.17, 15) is 4.79 Å². The van der Waals surface area contributed by atoms with Gasteiger partial charge in [0.1, 0.15) is 12.4 Å². The molecule has 2 N–H and O–H groups in total. The Labute approximate surface area is 165 Å². The van der Waals surface area contributed by atoms with Crippen LogP contribution < -0.4 is 15.4 Å². The number of anilines is 1. The summed E-state index contributed by atoms with van der Waals surface area (Å²) in [4.78, 5) is 12.2. The minimum Gasteiger partial charge on any atom is -0.489 e. The predicted octanol–water partition coefficient (Wildman–Crippen LogP) is 4.73. The largest absolute Gasteiger partial charge is 0.489 e. The van der Waals surface area contributed by atoms with E-state index in [1.165, 1.54) is 0 Å². The molecule has 140 valence electrons. The van der Waals surface area contributed by atoms with E-state index in [0.29, 0.717) is 24.1 Å². The quantitative estimate of drug-likeness (QED) is 0.744. The van der Waals surface area contributed by atoms with Crippen molar-refractivity contribution in [2.75, 3.05) is 11.9 Å². The van der Waals surface area contributed by atoms with Crippen LogP contribution in [0.4, 0.5) is 5.69 Å². The standard InChI is InChI=1S/C20H23ClN2O2.ClH/c1-14-10-18(25-13-15-4-2-5-16(21)11-15)7-8-19(14)23-20(24)12-17-6-3-9-22-17;/h2,4-5,7-8,10-11,17,22H,3,6,9,12-13H2,1H3,(H,23,24);1H. The summed E-state index contributed by atoms with van der Waals surface area (Å²) in [5, 5.41) is 7.04. The highest BCUT2D eigenvalue weighted by Gasteiger charge is 2.18. The maximum absolute atomic E-state index is 12.2. The summed E-state index contributed by atoms with van der Waals surface area (Å²) < 4.78 is 5.81. The molecular weight excluding hydrogens is 371 g/mol. The molecule has 0 radical (unpaired) electrons. The van der Waals surface area contributed by atoms with E-state index in [1.807, 2.05) is 49.4 Å². The fourth-order valence-electron chi connectivity index (χ4n) is 3.02. The number of benzene rings is 2. The third-order valence-electron chi connectivity index (χ3n) is 4.36. The molecule has 2 aromatic carbocycles. The molecule has 26 heavy (non-hydrogen) atoms. The van der Waals surface area contributed by atoms with E-state index >= 15 is 0 Å². The molecule has 1 aliphatic heterocycles. The van der Waals surface area contributed by atoms with Crippen molar-refractivity contribution >= 4 is 35.6 Å². The van der Waals surface area contributed by atoms with Crippen LogP contribution in [0, 0.1) is 6.92 Å². The predicted molar refractivity (Wildman–Crippen MR) is 108 cm³/mol. The van der Waals surface area contributed by atoms with Gasteiger partial charge in [0.05, 0.1) is 0 Å². The summed E-state index contributed by atoms with van der Waals surface area (Å²) in [6, 6.07) is 13.6. The summed E-state index contributed by atoms with van der Waals surface area (Å²) in [6.07, 6.45) is 2.74. The molecule has 0 bridgehead atoms. The van der Waals surface area contributed by atoms with Gasteiger partial charge in [-0.3, -0.25) is 4.79 Å². The van der Waals surface area contributed by atoms with Gasteiger partial charge in [-0.25, -0.2) is 0 Å². The summed E-state index contributed by atoms with van der Waals surface area (Å²) in [5.74, 6) is 0.822. The molecule has 0 saturated carbocycles. The Morgan fingerprint density at radius 2 is 2.15 bits per heavy atom. The van der Waals surface area contributed by atoms with Gasteiger partial charge in [-0.1, -0.05) is 23.7 Å². The summed E-state index contributed by atoms with van der Waals surface area (Å²) in [6.45, 7) is 3.43. The lowest BCUT2D eigenvalue weighted by atomic mass is 10.1. The van der Waals surface area contributed by atoms with Gasteiger partial charge in [-0.05, 0) is 67.8 Å². The second kappa shape index (κ2) is 9.81. The molecule has 1 amide bonds. The van der Waals surface area contributed by atoms with E-state index in [2.05, 4.69) is 10.6 Å². The van der Waals surface area contributed by atoms with Gasteiger partial charge in [0.15, 0.2) is 0 Å². The first kappa shape index (κ1) is 20.6. The maximum atomic E-state index is 12.2.